The predicted octanol–water partition coefficient (Wildman–Crippen LogP) is 1.62. The molecule has 4 heteroatoms. The van der Waals surface area contributed by atoms with Gasteiger partial charge in [-0.2, -0.15) is 0 Å². The molecule has 2 heterocycles. The van der Waals surface area contributed by atoms with Gasteiger partial charge >= 0.3 is 0 Å². The van der Waals surface area contributed by atoms with Crippen molar-refractivity contribution in [3.63, 3.8) is 0 Å². The number of nitrogens with zero attached hydrogens (tertiary/aromatic N) is 3. The lowest BCUT2D eigenvalue weighted by atomic mass is 10.3. The van der Waals surface area contributed by atoms with Crippen LogP contribution in [0.4, 0.5) is 0 Å². The molecule has 1 aliphatic rings. The Bertz CT molecular complexity index is 481. The van der Waals surface area contributed by atoms with Crippen LogP contribution in [0.5, 0.6) is 0 Å². The number of rotatable bonds is 3. The molecule has 2 aromatic rings. The van der Waals surface area contributed by atoms with Crippen molar-refractivity contribution in [3.8, 4) is 0 Å². The molecule has 3 rings (SSSR count). The van der Waals surface area contributed by atoms with Crippen LogP contribution in [0.1, 0.15) is 5.89 Å². The molecule has 0 unspecified atom stereocenters. The largest absolute Gasteiger partial charge is 0.441 e. The number of para-hydroxylation sites is 2. The van der Waals surface area contributed by atoms with E-state index >= 15 is 0 Å². The molecule has 1 aromatic heterocycles. The standard InChI is InChI=1S/C14H19N3O/c1-16-8-10-17(11-9-16)7-6-14-15-12-4-2-3-5-13(12)18-14/h2-5H,6-11H2,1H3. The number of benzene rings is 1. The molecular weight excluding hydrogens is 226 g/mol. The summed E-state index contributed by atoms with van der Waals surface area (Å²) in [6, 6.07) is 7.95. The molecule has 18 heavy (non-hydrogen) atoms. The third-order valence-electron chi connectivity index (χ3n) is 3.58. The molecule has 0 spiro atoms. The first kappa shape index (κ1) is 11.7. The minimum Gasteiger partial charge on any atom is -0.441 e. The minimum absolute atomic E-state index is 0.857. The van der Waals surface area contributed by atoms with E-state index in [9.17, 15) is 0 Å². The molecule has 0 amide bonds. The van der Waals surface area contributed by atoms with Crippen LogP contribution in [0.2, 0.25) is 0 Å². The van der Waals surface area contributed by atoms with E-state index in [0.29, 0.717) is 0 Å². The molecule has 96 valence electrons. The van der Waals surface area contributed by atoms with Crippen LogP contribution >= 0.6 is 0 Å². The normalized spacial score (nSPS) is 18.5. The van der Waals surface area contributed by atoms with Crippen molar-refractivity contribution in [2.24, 2.45) is 0 Å². The maximum atomic E-state index is 5.73. The van der Waals surface area contributed by atoms with Gasteiger partial charge < -0.3 is 14.2 Å². The zero-order valence-electron chi connectivity index (χ0n) is 10.8. The van der Waals surface area contributed by atoms with Crippen LogP contribution in [-0.2, 0) is 6.42 Å². The van der Waals surface area contributed by atoms with E-state index in [-0.39, 0.29) is 0 Å². The van der Waals surface area contributed by atoms with E-state index in [1.54, 1.807) is 0 Å². The lowest BCUT2D eigenvalue weighted by molar-refractivity contribution is 0.153. The summed E-state index contributed by atoms with van der Waals surface area (Å²) in [5.41, 5.74) is 1.86. The number of aromatic nitrogens is 1. The van der Waals surface area contributed by atoms with Crippen LogP contribution in [0, 0.1) is 0 Å². The van der Waals surface area contributed by atoms with Crippen molar-refractivity contribution >= 4 is 11.1 Å². The van der Waals surface area contributed by atoms with Crippen LogP contribution < -0.4 is 0 Å². The zero-order valence-corrected chi connectivity index (χ0v) is 10.8. The molecule has 1 saturated heterocycles. The molecule has 0 atom stereocenters. The Hall–Kier alpha value is -1.39. The summed E-state index contributed by atoms with van der Waals surface area (Å²) in [5.74, 6) is 0.857. The number of hydrogen-bond donors (Lipinski definition) is 0. The highest BCUT2D eigenvalue weighted by Gasteiger charge is 2.14. The third-order valence-corrected chi connectivity index (χ3v) is 3.58. The monoisotopic (exact) mass is 245 g/mol. The van der Waals surface area contributed by atoms with E-state index in [4.69, 9.17) is 4.42 Å². The van der Waals surface area contributed by atoms with Crippen LogP contribution in [0.15, 0.2) is 28.7 Å². The Morgan fingerprint density at radius 3 is 2.72 bits per heavy atom. The molecule has 1 fully saturated rings. The lowest BCUT2D eigenvalue weighted by Crippen LogP contribution is -2.45. The maximum absolute atomic E-state index is 5.73. The summed E-state index contributed by atoms with van der Waals surface area (Å²) in [7, 11) is 2.18. The lowest BCUT2D eigenvalue weighted by Gasteiger charge is -2.31. The fraction of sp³-hybridized carbons (Fsp3) is 0.500. The maximum Gasteiger partial charge on any atom is 0.196 e. The molecule has 0 saturated carbocycles. The summed E-state index contributed by atoms with van der Waals surface area (Å²) in [5, 5.41) is 0. The second-order valence-electron chi connectivity index (χ2n) is 4.97. The van der Waals surface area contributed by atoms with E-state index in [1.807, 2.05) is 24.3 Å². The fourth-order valence-electron chi connectivity index (χ4n) is 2.35. The molecule has 4 nitrogen and oxygen atoms in total. The van der Waals surface area contributed by atoms with Crippen molar-refractivity contribution in [2.75, 3.05) is 39.8 Å². The molecule has 0 radical (unpaired) electrons. The Morgan fingerprint density at radius 1 is 1.17 bits per heavy atom. The first-order valence-electron chi connectivity index (χ1n) is 6.56. The van der Waals surface area contributed by atoms with Gasteiger partial charge in [0.2, 0.25) is 0 Å². The van der Waals surface area contributed by atoms with Crippen LogP contribution in [0.3, 0.4) is 0 Å². The SMILES string of the molecule is CN1CCN(CCc2nc3ccccc3o2)CC1. The zero-order chi connectivity index (χ0) is 12.4. The Kier molecular flexibility index (Phi) is 3.30. The summed E-state index contributed by atoms with van der Waals surface area (Å²) in [6.45, 7) is 5.66. The van der Waals surface area contributed by atoms with Gasteiger partial charge in [-0.3, -0.25) is 0 Å². The molecule has 1 aromatic carbocycles. The average molecular weight is 245 g/mol. The Balaban J connectivity index is 1.59. The highest BCUT2D eigenvalue weighted by atomic mass is 16.3. The number of hydrogen-bond acceptors (Lipinski definition) is 4. The van der Waals surface area contributed by atoms with Gasteiger partial charge in [0.25, 0.3) is 0 Å². The molecular formula is C14H19N3O. The summed E-state index contributed by atoms with van der Waals surface area (Å²) in [4.78, 5) is 9.36. The van der Waals surface area contributed by atoms with Crippen molar-refractivity contribution in [1.82, 2.24) is 14.8 Å². The topological polar surface area (TPSA) is 32.5 Å². The molecule has 0 aliphatic carbocycles. The summed E-state index contributed by atoms with van der Waals surface area (Å²) >= 11 is 0. The summed E-state index contributed by atoms with van der Waals surface area (Å²) in [6.07, 6.45) is 0.901. The van der Waals surface area contributed by atoms with Crippen LogP contribution in [0.25, 0.3) is 11.1 Å². The highest BCUT2D eigenvalue weighted by molar-refractivity contribution is 5.72. The van der Waals surface area contributed by atoms with E-state index in [2.05, 4.69) is 21.8 Å². The van der Waals surface area contributed by atoms with Gasteiger partial charge in [0.15, 0.2) is 11.5 Å². The smallest absolute Gasteiger partial charge is 0.196 e. The van der Waals surface area contributed by atoms with E-state index < -0.39 is 0 Å². The first-order chi connectivity index (χ1) is 8.81. The van der Waals surface area contributed by atoms with E-state index in [1.165, 1.54) is 0 Å². The van der Waals surface area contributed by atoms with Crippen molar-refractivity contribution < 1.29 is 4.42 Å². The van der Waals surface area contributed by atoms with Crippen molar-refractivity contribution in [2.45, 2.75) is 6.42 Å². The first-order valence-corrected chi connectivity index (χ1v) is 6.56. The number of oxazole rings is 1. The van der Waals surface area contributed by atoms with Gasteiger partial charge in [0, 0.05) is 39.1 Å². The van der Waals surface area contributed by atoms with E-state index in [0.717, 1.165) is 56.1 Å². The van der Waals surface area contributed by atoms with Crippen LogP contribution in [-0.4, -0.2) is 54.6 Å². The number of piperazine rings is 1. The average Bonchev–Trinajstić information content (AvgIpc) is 2.81. The third kappa shape index (κ3) is 2.54. The number of fused-ring (bicyclic) bond motifs is 1. The molecule has 0 bridgehead atoms. The van der Waals surface area contributed by atoms with Gasteiger partial charge in [0.1, 0.15) is 5.52 Å². The van der Waals surface area contributed by atoms with Gasteiger partial charge in [0.05, 0.1) is 0 Å². The summed E-state index contributed by atoms with van der Waals surface area (Å²) < 4.78 is 5.73. The quantitative estimate of drug-likeness (QED) is 0.822. The van der Waals surface area contributed by atoms with Gasteiger partial charge in [-0.15, -0.1) is 0 Å². The van der Waals surface area contributed by atoms with Gasteiger partial charge in [-0.25, -0.2) is 4.98 Å². The highest BCUT2D eigenvalue weighted by Crippen LogP contribution is 2.15. The molecule has 0 N–H and O–H groups in total. The molecule has 1 aliphatic heterocycles. The predicted molar refractivity (Wildman–Crippen MR) is 71.7 cm³/mol. The second kappa shape index (κ2) is 5.08. The number of likely N-dealkylation sites (N-methyl/N-ethyl adjacent to an activating group) is 1. The second-order valence-corrected chi connectivity index (χ2v) is 4.97. The van der Waals surface area contributed by atoms with Crippen molar-refractivity contribution in [3.05, 3.63) is 30.2 Å². The minimum atomic E-state index is 0.857. The Morgan fingerprint density at radius 2 is 1.94 bits per heavy atom. The Labute approximate surface area is 107 Å². The van der Waals surface area contributed by atoms with Crippen molar-refractivity contribution in [1.29, 1.82) is 0 Å². The van der Waals surface area contributed by atoms with Gasteiger partial charge in [-0.1, -0.05) is 12.1 Å². The van der Waals surface area contributed by atoms with Gasteiger partial charge in [-0.05, 0) is 19.2 Å². The fourth-order valence-corrected chi connectivity index (χ4v) is 2.35.